The molecule has 0 bridgehead atoms. The summed E-state index contributed by atoms with van der Waals surface area (Å²) in [6, 6.07) is 4.50. The molecule has 0 saturated heterocycles. The molecular formula is C22H28N6O4S2. The van der Waals surface area contributed by atoms with Crippen molar-refractivity contribution in [1.29, 1.82) is 10.5 Å². The van der Waals surface area contributed by atoms with Gasteiger partial charge in [0.25, 0.3) is 0 Å². The van der Waals surface area contributed by atoms with E-state index >= 15 is 0 Å². The molecule has 0 aliphatic carbocycles. The lowest BCUT2D eigenvalue weighted by Gasteiger charge is -2.20. The summed E-state index contributed by atoms with van der Waals surface area (Å²) in [6.07, 6.45) is 1.55. The number of aliphatic hydroxyl groups excluding tert-OH is 1. The van der Waals surface area contributed by atoms with Crippen molar-refractivity contribution in [3.05, 3.63) is 39.5 Å². The maximum Gasteiger partial charge on any atom is 0.355 e. The summed E-state index contributed by atoms with van der Waals surface area (Å²) in [4.78, 5) is 17.1. The third-order valence-electron chi connectivity index (χ3n) is 4.79. The molecule has 2 amide bonds. The molecule has 1 heterocycles. The number of aromatic nitrogens is 1. The fourth-order valence-electron chi connectivity index (χ4n) is 3.14. The third kappa shape index (κ3) is 5.90. The van der Waals surface area contributed by atoms with Crippen molar-refractivity contribution in [1.82, 2.24) is 9.71 Å². The number of rotatable bonds is 7. The van der Waals surface area contributed by atoms with Crippen LogP contribution in [0.5, 0.6) is 0 Å². The molecule has 1 unspecified atom stereocenters. The van der Waals surface area contributed by atoms with Gasteiger partial charge in [0.15, 0.2) is 16.1 Å². The Morgan fingerprint density at radius 3 is 2.21 bits per heavy atom. The first-order valence-electron chi connectivity index (χ1n) is 10.4. The van der Waals surface area contributed by atoms with Gasteiger partial charge in [-0.3, -0.25) is 0 Å². The van der Waals surface area contributed by atoms with Gasteiger partial charge < -0.3 is 15.5 Å². The SMILES string of the molecule is CC(C)c1cc(C#N)cc(C(C)C)c1NC(=O)N=S(=O)(NC#N)c1sc(C(C)(C)O)nc1CO. The lowest BCUT2D eigenvalue weighted by atomic mass is 9.90. The number of thiazole rings is 1. The van der Waals surface area contributed by atoms with Crippen LogP contribution in [0.25, 0.3) is 0 Å². The van der Waals surface area contributed by atoms with Crippen LogP contribution in [0, 0.1) is 22.8 Å². The zero-order valence-electron chi connectivity index (χ0n) is 19.8. The van der Waals surface area contributed by atoms with Crippen LogP contribution in [0.15, 0.2) is 20.7 Å². The van der Waals surface area contributed by atoms with Crippen LogP contribution in [0.3, 0.4) is 0 Å². The third-order valence-corrected chi connectivity index (χ3v) is 8.45. The van der Waals surface area contributed by atoms with E-state index in [0.717, 1.165) is 11.3 Å². The zero-order chi connectivity index (χ0) is 25.8. The Bertz CT molecular complexity index is 1260. The van der Waals surface area contributed by atoms with Crippen molar-refractivity contribution >= 4 is 33.0 Å². The van der Waals surface area contributed by atoms with E-state index < -0.39 is 28.2 Å². The molecule has 0 aliphatic rings. The summed E-state index contributed by atoms with van der Waals surface area (Å²) in [7, 11) is -3.86. The van der Waals surface area contributed by atoms with E-state index in [-0.39, 0.29) is 26.7 Å². The van der Waals surface area contributed by atoms with E-state index in [1.165, 1.54) is 13.8 Å². The molecule has 0 fully saturated rings. The first kappa shape index (κ1) is 27.2. The van der Waals surface area contributed by atoms with E-state index in [4.69, 9.17) is 0 Å². The second kappa shape index (κ2) is 10.5. The molecule has 0 saturated carbocycles. The molecule has 0 aliphatic heterocycles. The summed E-state index contributed by atoms with van der Waals surface area (Å²) < 4.78 is 19.3. The molecule has 1 aromatic carbocycles. The molecule has 1 aromatic heterocycles. The molecule has 0 radical (unpaired) electrons. The Balaban J connectivity index is 2.67. The Labute approximate surface area is 203 Å². The monoisotopic (exact) mass is 504 g/mol. The second-order valence-electron chi connectivity index (χ2n) is 8.68. The van der Waals surface area contributed by atoms with Gasteiger partial charge in [-0.2, -0.15) is 10.5 Å². The van der Waals surface area contributed by atoms with Gasteiger partial charge in [-0.25, -0.2) is 18.7 Å². The van der Waals surface area contributed by atoms with Crippen molar-refractivity contribution in [2.75, 3.05) is 5.32 Å². The van der Waals surface area contributed by atoms with Crippen molar-refractivity contribution in [3.8, 4) is 12.3 Å². The number of benzene rings is 1. The first-order valence-corrected chi connectivity index (χ1v) is 12.8. The molecule has 4 N–H and O–H groups in total. The van der Waals surface area contributed by atoms with Crippen molar-refractivity contribution in [3.63, 3.8) is 0 Å². The number of aliphatic hydroxyl groups is 2. The first-order chi connectivity index (χ1) is 15.8. The lowest BCUT2D eigenvalue weighted by Crippen LogP contribution is -2.22. The minimum Gasteiger partial charge on any atom is -0.390 e. The van der Waals surface area contributed by atoms with Crippen LogP contribution < -0.4 is 10.0 Å². The van der Waals surface area contributed by atoms with Crippen LogP contribution in [0.4, 0.5) is 10.5 Å². The summed E-state index contributed by atoms with van der Waals surface area (Å²) in [5.41, 5.74) is 0.876. The molecule has 12 heteroatoms. The van der Waals surface area contributed by atoms with Gasteiger partial charge in [0.1, 0.15) is 14.8 Å². The number of nitriles is 2. The molecule has 2 rings (SSSR count). The molecule has 1 atom stereocenters. The highest BCUT2D eigenvalue weighted by Crippen LogP contribution is 2.35. The van der Waals surface area contributed by atoms with Gasteiger partial charge in [0.05, 0.1) is 23.9 Å². The Morgan fingerprint density at radius 2 is 1.79 bits per heavy atom. The van der Waals surface area contributed by atoms with E-state index in [1.54, 1.807) is 18.3 Å². The number of amides is 2. The predicted octanol–water partition coefficient (Wildman–Crippen LogP) is 4.03. The molecule has 34 heavy (non-hydrogen) atoms. The second-order valence-corrected chi connectivity index (χ2v) is 11.8. The Morgan fingerprint density at radius 1 is 1.24 bits per heavy atom. The van der Waals surface area contributed by atoms with Crippen LogP contribution in [-0.2, 0) is 22.1 Å². The fraction of sp³-hybridized carbons (Fsp3) is 0.455. The number of nitrogens with one attached hydrogen (secondary N) is 2. The van der Waals surface area contributed by atoms with Crippen molar-refractivity contribution in [2.24, 2.45) is 4.36 Å². The topological polar surface area (TPSA) is 171 Å². The molecule has 2 aromatic rings. The summed E-state index contributed by atoms with van der Waals surface area (Å²) >= 11 is 0.787. The van der Waals surface area contributed by atoms with E-state index in [1.807, 2.05) is 27.7 Å². The molecule has 0 spiro atoms. The van der Waals surface area contributed by atoms with Crippen LogP contribution in [-0.4, -0.2) is 25.4 Å². The highest BCUT2D eigenvalue weighted by atomic mass is 32.2. The van der Waals surface area contributed by atoms with Gasteiger partial charge in [0, 0.05) is 5.69 Å². The van der Waals surface area contributed by atoms with Crippen LogP contribution in [0.2, 0.25) is 0 Å². The molecule has 10 nitrogen and oxygen atoms in total. The smallest absolute Gasteiger partial charge is 0.355 e. The van der Waals surface area contributed by atoms with E-state index in [2.05, 4.69) is 25.5 Å². The standard InChI is InChI=1S/C22H28N6O4S2/c1-12(2)15-7-14(9-23)8-16(13(3)4)18(15)27-21(30)28-34(32,25-11-24)19-17(10-29)26-20(33-19)22(5,6)31/h7-8,12-13,29,31H,10H2,1-6H3,(H2,25,27,28,30,32). The summed E-state index contributed by atoms with van der Waals surface area (Å²) in [6.45, 7) is 9.95. The number of hydrogen-bond donors (Lipinski definition) is 4. The van der Waals surface area contributed by atoms with Crippen molar-refractivity contribution < 1.29 is 19.2 Å². The quantitative estimate of drug-likeness (QED) is 0.325. The Kier molecular flexibility index (Phi) is 8.40. The maximum absolute atomic E-state index is 13.6. The number of anilines is 1. The average molecular weight is 505 g/mol. The van der Waals surface area contributed by atoms with E-state index in [9.17, 15) is 29.7 Å². The van der Waals surface area contributed by atoms with Gasteiger partial charge >= 0.3 is 6.03 Å². The van der Waals surface area contributed by atoms with Gasteiger partial charge in [-0.1, -0.05) is 27.7 Å². The van der Waals surface area contributed by atoms with Gasteiger partial charge in [0.2, 0.25) is 0 Å². The maximum atomic E-state index is 13.6. The minimum absolute atomic E-state index is 0.0421. The molecule has 182 valence electrons. The lowest BCUT2D eigenvalue weighted by molar-refractivity contribution is 0.0779. The number of urea groups is 1. The zero-order valence-corrected chi connectivity index (χ0v) is 21.5. The van der Waals surface area contributed by atoms with Gasteiger partial charge in [-0.05, 0) is 48.9 Å². The molecular weight excluding hydrogens is 476 g/mol. The van der Waals surface area contributed by atoms with Gasteiger partial charge in [-0.15, -0.1) is 15.7 Å². The highest BCUT2D eigenvalue weighted by molar-refractivity contribution is 7.94. The number of carbonyl (C=O) groups excluding carboxylic acids is 1. The van der Waals surface area contributed by atoms with Crippen LogP contribution in [0.1, 0.15) is 80.8 Å². The highest BCUT2D eigenvalue weighted by Gasteiger charge is 2.29. The summed E-state index contributed by atoms with van der Waals surface area (Å²) in [5, 5.41) is 41.4. The number of nitrogens with zero attached hydrogens (tertiary/aromatic N) is 4. The normalized spacial score (nSPS) is 13.2. The fourth-order valence-corrected chi connectivity index (χ4v) is 5.93. The largest absolute Gasteiger partial charge is 0.390 e. The van der Waals surface area contributed by atoms with Crippen LogP contribution >= 0.6 is 11.3 Å². The Hall–Kier alpha value is -3.03. The summed E-state index contributed by atoms with van der Waals surface area (Å²) in [5.74, 6) is -0.0842. The predicted molar refractivity (Wildman–Crippen MR) is 129 cm³/mol. The minimum atomic E-state index is -3.86. The van der Waals surface area contributed by atoms with E-state index in [0.29, 0.717) is 22.4 Å². The van der Waals surface area contributed by atoms with Crippen molar-refractivity contribution in [2.45, 2.75) is 69.8 Å². The number of carbonyl (C=O) groups is 1. The average Bonchev–Trinajstić information content (AvgIpc) is 3.19. The number of hydrogen-bond acceptors (Lipinski definition) is 8.